The van der Waals surface area contributed by atoms with Crippen LogP contribution in [-0.4, -0.2) is 58.0 Å². The monoisotopic (exact) mass is 518 g/mol. The molecule has 2 unspecified atom stereocenters. The molecule has 1 aromatic heterocycles. The van der Waals surface area contributed by atoms with Crippen molar-refractivity contribution in [3.63, 3.8) is 0 Å². The summed E-state index contributed by atoms with van der Waals surface area (Å²) in [7, 11) is 0. The summed E-state index contributed by atoms with van der Waals surface area (Å²) in [4.78, 5) is 31.5. The van der Waals surface area contributed by atoms with Gasteiger partial charge in [-0.1, -0.05) is 12.1 Å². The number of rotatable bonds is 6. The highest BCUT2D eigenvalue weighted by Gasteiger charge is 2.41. The quantitative estimate of drug-likeness (QED) is 0.544. The Labute approximate surface area is 214 Å². The second-order valence-electron chi connectivity index (χ2n) is 10.3. The van der Waals surface area contributed by atoms with Gasteiger partial charge in [0.05, 0.1) is 17.8 Å². The molecule has 2 amide bonds. The third-order valence-corrected chi connectivity index (χ3v) is 7.49. The van der Waals surface area contributed by atoms with Gasteiger partial charge in [-0.3, -0.25) is 19.5 Å². The Kier molecular flexibility index (Phi) is 7.89. The van der Waals surface area contributed by atoms with Crippen LogP contribution in [0, 0.1) is 6.92 Å². The number of pyridine rings is 1. The van der Waals surface area contributed by atoms with Gasteiger partial charge in [-0.2, -0.15) is 13.2 Å². The molecular formula is C27H33F3N4O3. The Morgan fingerprint density at radius 2 is 1.92 bits per heavy atom. The standard InChI is InChI=1S/C27H33F3N4O3/c1-17-6-7-23(31-14-17)26(37)10-8-22(9-11-26)34-16-21(12-18(34)2)33-24(35)15-32-25(36)19-4-3-5-20(13-19)27(28,29)30/h3-7,13-14,18,21-22,37H,8-12,15-16H2,1-2H3,(H,32,36)(H,33,35). The van der Waals surface area contributed by atoms with Gasteiger partial charge < -0.3 is 15.7 Å². The molecule has 1 saturated heterocycles. The second kappa shape index (κ2) is 10.8. The summed E-state index contributed by atoms with van der Waals surface area (Å²) >= 11 is 0. The SMILES string of the molecule is Cc1ccc(C2(O)CCC(N3CC(NC(=O)CNC(=O)c4cccc(C(F)(F)F)c4)CC3C)CC2)nc1. The lowest BCUT2D eigenvalue weighted by molar-refractivity contribution is -0.137. The molecule has 10 heteroatoms. The smallest absolute Gasteiger partial charge is 0.384 e. The van der Waals surface area contributed by atoms with Crippen LogP contribution in [0.15, 0.2) is 42.6 Å². The van der Waals surface area contributed by atoms with Gasteiger partial charge in [0.1, 0.15) is 5.60 Å². The molecule has 1 aromatic carbocycles. The molecule has 2 heterocycles. The topological polar surface area (TPSA) is 94.6 Å². The van der Waals surface area contributed by atoms with Gasteiger partial charge in [0.15, 0.2) is 0 Å². The van der Waals surface area contributed by atoms with Crippen molar-refractivity contribution in [3.05, 3.63) is 65.0 Å². The van der Waals surface area contributed by atoms with E-state index in [1.54, 1.807) is 6.20 Å². The van der Waals surface area contributed by atoms with Gasteiger partial charge in [-0.05, 0) is 75.8 Å². The summed E-state index contributed by atoms with van der Waals surface area (Å²) in [5.41, 5.74) is -0.223. The molecule has 0 spiro atoms. The lowest BCUT2D eigenvalue weighted by Crippen LogP contribution is -2.46. The van der Waals surface area contributed by atoms with Gasteiger partial charge in [-0.25, -0.2) is 0 Å². The number of aryl methyl sites for hydroxylation is 1. The van der Waals surface area contributed by atoms with Crippen LogP contribution in [0.4, 0.5) is 13.2 Å². The number of aromatic nitrogens is 1. The van der Waals surface area contributed by atoms with E-state index in [-0.39, 0.29) is 30.1 Å². The molecular weight excluding hydrogens is 485 g/mol. The van der Waals surface area contributed by atoms with Crippen molar-refractivity contribution in [1.29, 1.82) is 0 Å². The van der Waals surface area contributed by atoms with E-state index in [2.05, 4.69) is 27.4 Å². The summed E-state index contributed by atoms with van der Waals surface area (Å²) in [6.07, 6.45) is 0.872. The van der Waals surface area contributed by atoms with Gasteiger partial charge in [0, 0.05) is 36.4 Å². The minimum Gasteiger partial charge on any atom is -0.384 e. The average Bonchev–Trinajstić information content (AvgIpc) is 3.22. The number of carbonyl (C=O) groups is 2. The Hall–Kier alpha value is -2.98. The van der Waals surface area contributed by atoms with Crippen LogP contribution in [0.3, 0.4) is 0 Å². The van der Waals surface area contributed by atoms with Crippen LogP contribution in [0.5, 0.6) is 0 Å². The molecule has 2 aromatic rings. The number of hydrogen-bond donors (Lipinski definition) is 3. The molecule has 0 bridgehead atoms. The maximum Gasteiger partial charge on any atom is 0.416 e. The molecule has 1 aliphatic carbocycles. The number of nitrogens with zero attached hydrogens (tertiary/aromatic N) is 2. The lowest BCUT2D eigenvalue weighted by atomic mass is 9.79. The van der Waals surface area contributed by atoms with Gasteiger partial charge >= 0.3 is 6.18 Å². The second-order valence-corrected chi connectivity index (χ2v) is 10.3. The third-order valence-electron chi connectivity index (χ3n) is 7.49. The van der Waals surface area contributed by atoms with Crippen molar-refractivity contribution < 1.29 is 27.9 Å². The first-order valence-electron chi connectivity index (χ1n) is 12.6. The molecule has 2 fully saturated rings. The fraction of sp³-hybridized carbons (Fsp3) is 0.519. The summed E-state index contributed by atoms with van der Waals surface area (Å²) < 4.78 is 38.7. The van der Waals surface area contributed by atoms with Crippen molar-refractivity contribution in [2.45, 2.75) is 75.9 Å². The van der Waals surface area contributed by atoms with Gasteiger partial charge in [0.2, 0.25) is 5.91 Å². The first-order valence-corrected chi connectivity index (χ1v) is 12.6. The number of benzene rings is 1. The number of hydrogen-bond acceptors (Lipinski definition) is 5. The summed E-state index contributed by atoms with van der Waals surface area (Å²) in [5.74, 6) is -1.12. The largest absolute Gasteiger partial charge is 0.416 e. The van der Waals surface area contributed by atoms with E-state index >= 15 is 0 Å². The summed E-state index contributed by atoms with van der Waals surface area (Å²) in [5, 5.41) is 16.5. The molecule has 3 N–H and O–H groups in total. The minimum atomic E-state index is -4.55. The van der Waals surface area contributed by atoms with Crippen LogP contribution < -0.4 is 10.6 Å². The van der Waals surface area contributed by atoms with Crippen molar-refractivity contribution in [3.8, 4) is 0 Å². The number of amides is 2. The van der Waals surface area contributed by atoms with Crippen LogP contribution in [0.1, 0.15) is 66.2 Å². The number of aliphatic hydroxyl groups is 1. The predicted octanol–water partition coefficient (Wildman–Crippen LogP) is 3.55. The van der Waals surface area contributed by atoms with Crippen molar-refractivity contribution >= 4 is 11.8 Å². The number of likely N-dealkylation sites (tertiary alicyclic amines) is 1. The predicted molar refractivity (Wildman–Crippen MR) is 132 cm³/mol. The Morgan fingerprint density at radius 1 is 1.19 bits per heavy atom. The van der Waals surface area contributed by atoms with E-state index in [9.17, 15) is 27.9 Å². The Morgan fingerprint density at radius 3 is 2.57 bits per heavy atom. The highest BCUT2D eigenvalue weighted by molar-refractivity contribution is 5.96. The molecule has 0 radical (unpaired) electrons. The molecule has 2 atom stereocenters. The maximum atomic E-state index is 12.9. The molecule has 37 heavy (non-hydrogen) atoms. The van der Waals surface area contributed by atoms with E-state index in [0.717, 1.165) is 43.0 Å². The normalized spacial score (nSPS) is 26.6. The number of halogens is 3. The maximum absolute atomic E-state index is 12.9. The molecule has 1 saturated carbocycles. The molecule has 7 nitrogen and oxygen atoms in total. The van der Waals surface area contributed by atoms with Crippen LogP contribution in [0.2, 0.25) is 0 Å². The fourth-order valence-electron chi connectivity index (χ4n) is 5.46. The average molecular weight is 519 g/mol. The molecule has 4 rings (SSSR count). The summed E-state index contributed by atoms with van der Waals surface area (Å²) in [6.45, 7) is 4.43. The van der Waals surface area contributed by atoms with E-state index < -0.39 is 23.2 Å². The van der Waals surface area contributed by atoms with E-state index in [1.807, 2.05) is 19.1 Å². The zero-order valence-electron chi connectivity index (χ0n) is 21.0. The lowest BCUT2D eigenvalue weighted by Gasteiger charge is -2.40. The van der Waals surface area contributed by atoms with Crippen molar-refractivity contribution in [1.82, 2.24) is 20.5 Å². The zero-order chi connectivity index (χ0) is 26.8. The first kappa shape index (κ1) is 27.1. The number of nitrogens with one attached hydrogen (secondary N) is 2. The fourth-order valence-corrected chi connectivity index (χ4v) is 5.46. The van der Waals surface area contributed by atoms with Crippen LogP contribution >= 0.6 is 0 Å². The molecule has 2 aliphatic rings. The molecule has 200 valence electrons. The van der Waals surface area contributed by atoms with Crippen LogP contribution in [0.25, 0.3) is 0 Å². The number of carbonyl (C=O) groups excluding carboxylic acids is 2. The third kappa shape index (κ3) is 6.48. The molecule has 1 aliphatic heterocycles. The van der Waals surface area contributed by atoms with Crippen molar-refractivity contribution in [2.75, 3.05) is 13.1 Å². The van der Waals surface area contributed by atoms with E-state index in [4.69, 9.17) is 0 Å². The highest BCUT2D eigenvalue weighted by atomic mass is 19.4. The Balaban J connectivity index is 1.25. The van der Waals surface area contributed by atoms with Crippen molar-refractivity contribution in [2.24, 2.45) is 0 Å². The highest BCUT2D eigenvalue weighted by Crippen LogP contribution is 2.39. The first-order chi connectivity index (χ1) is 17.4. The van der Waals surface area contributed by atoms with E-state index in [0.29, 0.717) is 31.1 Å². The van der Waals surface area contributed by atoms with Gasteiger partial charge in [0.25, 0.3) is 5.91 Å². The van der Waals surface area contributed by atoms with Crippen LogP contribution in [-0.2, 0) is 16.6 Å². The minimum absolute atomic E-state index is 0.0902. The Bertz CT molecular complexity index is 1110. The van der Waals surface area contributed by atoms with E-state index in [1.165, 1.54) is 6.07 Å². The summed E-state index contributed by atoms with van der Waals surface area (Å²) in [6, 6.07) is 8.41. The zero-order valence-corrected chi connectivity index (χ0v) is 21.0. The number of alkyl halides is 3. The van der Waals surface area contributed by atoms with Gasteiger partial charge in [-0.15, -0.1) is 0 Å².